The second-order valence-electron chi connectivity index (χ2n) is 10.5. The van der Waals surface area contributed by atoms with Gasteiger partial charge in [-0.1, -0.05) is 6.08 Å². The van der Waals surface area contributed by atoms with Crippen LogP contribution in [0.4, 0.5) is 5.69 Å². The van der Waals surface area contributed by atoms with E-state index < -0.39 is 0 Å². The third-order valence-electron chi connectivity index (χ3n) is 8.41. The van der Waals surface area contributed by atoms with Gasteiger partial charge < -0.3 is 15.2 Å². The number of rotatable bonds is 4. The number of allylic oxidation sites excluding steroid dienone is 1. The Morgan fingerprint density at radius 1 is 1.09 bits per heavy atom. The van der Waals surface area contributed by atoms with Crippen LogP contribution in [0.15, 0.2) is 35.1 Å². The number of nitrogens with one attached hydrogen (secondary N) is 2. The van der Waals surface area contributed by atoms with Gasteiger partial charge in [-0.15, -0.1) is 0 Å². The lowest BCUT2D eigenvalue weighted by Gasteiger charge is -2.38. The van der Waals surface area contributed by atoms with Crippen LogP contribution in [0, 0.1) is 5.41 Å². The van der Waals surface area contributed by atoms with Crippen molar-refractivity contribution >= 4 is 17.2 Å². The molecule has 178 valence electrons. The Kier molecular flexibility index (Phi) is 5.32. The van der Waals surface area contributed by atoms with Gasteiger partial charge in [0, 0.05) is 56.1 Å². The summed E-state index contributed by atoms with van der Waals surface area (Å²) in [6.07, 6.45) is 10.0. The Bertz CT molecular complexity index is 1190. The van der Waals surface area contributed by atoms with Crippen molar-refractivity contribution in [2.24, 2.45) is 5.41 Å². The Hall–Kier alpha value is -2.93. The molecule has 0 unspecified atom stereocenters. The van der Waals surface area contributed by atoms with Crippen molar-refractivity contribution in [1.82, 2.24) is 20.2 Å². The number of anilines is 1. The van der Waals surface area contributed by atoms with Crippen molar-refractivity contribution in [1.29, 1.82) is 0 Å². The molecule has 1 amide bonds. The minimum atomic E-state index is -0.0539. The molecule has 34 heavy (non-hydrogen) atoms. The average Bonchev–Trinajstić information content (AvgIpc) is 3.43. The van der Waals surface area contributed by atoms with Crippen LogP contribution in [-0.4, -0.2) is 60.0 Å². The summed E-state index contributed by atoms with van der Waals surface area (Å²) >= 11 is 0. The number of aryl methyl sites for hydroxylation is 1. The summed E-state index contributed by atoms with van der Waals surface area (Å²) in [4.78, 5) is 37.6. The first-order chi connectivity index (χ1) is 16.5. The molecule has 2 heterocycles. The molecule has 1 saturated heterocycles. The molecule has 0 radical (unpaired) electrons. The number of piperazine rings is 1. The van der Waals surface area contributed by atoms with Gasteiger partial charge in [0.15, 0.2) is 0 Å². The molecule has 1 aromatic heterocycles. The zero-order chi connectivity index (χ0) is 23.3. The van der Waals surface area contributed by atoms with Crippen molar-refractivity contribution in [3.63, 3.8) is 0 Å². The maximum atomic E-state index is 12.8. The quantitative estimate of drug-likeness (QED) is 0.735. The van der Waals surface area contributed by atoms with Crippen molar-refractivity contribution < 1.29 is 4.79 Å². The first-order valence-corrected chi connectivity index (χ1v) is 12.7. The van der Waals surface area contributed by atoms with E-state index in [-0.39, 0.29) is 11.5 Å². The second-order valence-corrected chi connectivity index (χ2v) is 10.5. The molecule has 1 aliphatic heterocycles. The summed E-state index contributed by atoms with van der Waals surface area (Å²) in [5.41, 5.74) is 5.55. The second kappa shape index (κ2) is 8.38. The molecule has 7 heteroatoms. The highest BCUT2D eigenvalue weighted by Gasteiger charge is 2.45. The Balaban J connectivity index is 1.10. The molecule has 1 spiro atoms. The standard InChI is InChI=1S/C27H33N5O2/c1-28-25(33)18-2-5-20(6-3-18)31-12-14-32(15-13-31)21-7-4-19(16-21)24-29-23-8-9-27(10-11-27)17-22(23)26(34)30-24/h2-3,5-6,16,21H,4,7-15,17H2,1H3,(H,28,33)(H,29,30,34)/t21-/m0/s1. The summed E-state index contributed by atoms with van der Waals surface area (Å²) < 4.78 is 0. The van der Waals surface area contributed by atoms with E-state index in [2.05, 4.69) is 26.2 Å². The molecule has 3 aliphatic carbocycles. The summed E-state index contributed by atoms with van der Waals surface area (Å²) in [5.74, 6) is 0.745. The molecular weight excluding hydrogens is 426 g/mol. The third kappa shape index (κ3) is 3.96. The van der Waals surface area contributed by atoms with Crippen LogP contribution in [0.3, 0.4) is 0 Å². The Labute approximate surface area is 200 Å². The summed E-state index contributed by atoms with van der Waals surface area (Å²) in [6.45, 7) is 3.94. The fourth-order valence-corrected chi connectivity index (χ4v) is 6.00. The topological polar surface area (TPSA) is 81.3 Å². The van der Waals surface area contributed by atoms with Gasteiger partial charge in [0.1, 0.15) is 5.82 Å². The lowest BCUT2D eigenvalue weighted by Crippen LogP contribution is -2.49. The predicted molar refractivity (Wildman–Crippen MR) is 133 cm³/mol. The number of benzene rings is 1. The number of fused-ring (bicyclic) bond motifs is 1. The highest BCUT2D eigenvalue weighted by atomic mass is 16.1. The van der Waals surface area contributed by atoms with Gasteiger partial charge in [0.05, 0.1) is 5.69 Å². The van der Waals surface area contributed by atoms with Gasteiger partial charge in [-0.3, -0.25) is 14.5 Å². The minimum Gasteiger partial charge on any atom is -0.369 e. The van der Waals surface area contributed by atoms with Gasteiger partial charge in [0.2, 0.25) is 0 Å². The molecule has 2 aromatic rings. The molecule has 1 atom stereocenters. The molecule has 0 bridgehead atoms. The van der Waals surface area contributed by atoms with E-state index in [4.69, 9.17) is 4.98 Å². The Morgan fingerprint density at radius 2 is 1.85 bits per heavy atom. The number of hydrogen-bond donors (Lipinski definition) is 2. The number of nitrogens with zero attached hydrogens (tertiary/aromatic N) is 3. The summed E-state index contributed by atoms with van der Waals surface area (Å²) in [6, 6.07) is 8.27. The maximum Gasteiger partial charge on any atom is 0.254 e. The number of carbonyl (C=O) groups excluding carboxylic acids is 1. The van der Waals surface area contributed by atoms with Crippen LogP contribution in [-0.2, 0) is 12.8 Å². The molecular formula is C27H33N5O2. The SMILES string of the molecule is CNC(=O)c1ccc(N2CCN([C@@H]3C=C(c4nc5c(c(=O)[nH]4)CC4(CC5)CC4)CC3)CC2)cc1. The highest BCUT2D eigenvalue weighted by molar-refractivity contribution is 5.94. The van der Waals surface area contributed by atoms with E-state index in [0.717, 1.165) is 68.9 Å². The lowest BCUT2D eigenvalue weighted by atomic mass is 9.84. The number of carbonyl (C=O) groups is 1. The van der Waals surface area contributed by atoms with Crippen molar-refractivity contribution in [3.05, 3.63) is 63.3 Å². The number of amides is 1. The van der Waals surface area contributed by atoms with Crippen LogP contribution in [0.1, 0.15) is 59.5 Å². The van der Waals surface area contributed by atoms with Crippen LogP contribution in [0.2, 0.25) is 0 Å². The van der Waals surface area contributed by atoms with Crippen molar-refractivity contribution in [2.75, 3.05) is 38.1 Å². The van der Waals surface area contributed by atoms with E-state index in [1.165, 1.54) is 30.5 Å². The van der Waals surface area contributed by atoms with Crippen LogP contribution in [0.25, 0.3) is 5.57 Å². The van der Waals surface area contributed by atoms with Gasteiger partial charge in [0.25, 0.3) is 11.5 Å². The largest absolute Gasteiger partial charge is 0.369 e. The smallest absolute Gasteiger partial charge is 0.254 e. The van der Waals surface area contributed by atoms with E-state index in [9.17, 15) is 9.59 Å². The molecule has 7 nitrogen and oxygen atoms in total. The third-order valence-corrected chi connectivity index (χ3v) is 8.41. The monoisotopic (exact) mass is 459 g/mol. The lowest BCUT2D eigenvalue weighted by molar-refractivity contribution is 0.0963. The van der Waals surface area contributed by atoms with E-state index in [1.807, 2.05) is 24.3 Å². The van der Waals surface area contributed by atoms with Gasteiger partial charge >= 0.3 is 0 Å². The number of hydrogen-bond acceptors (Lipinski definition) is 5. The first-order valence-electron chi connectivity index (χ1n) is 12.7. The zero-order valence-electron chi connectivity index (χ0n) is 19.9. The van der Waals surface area contributed by atoms with E-state index in [0.29, 0.717) is 17.0 Å². The van der Waals surface area contributed by atoms with Crippen LogP contribution < -0.4 is 15.8 Å². The molecule has 1 saturated carbocycles. The first kappa shape index (κ1) is 21.6. The number of aromatic nitrogens is 2. The van der Waals surface area contributed by atoms with E-state index in [1.54, 1.807) is 7.05 Å². The van der Waals surface area contributed by atoms with Gasteiger partial charge in [-0.2, -0.15) is 0 Å². The fourth-order valence-electron chi connectivity index (χ4n) is 6.00. The molecule has 1 aromatic carbocycles. The molecule has 4 aliphatic rings. The molecule has 2 fully saturated rings. The average molecular weight is 460 g/mol. The maximum absolute atomic E-state index is 12.8. The molecule has 2 N–H and O–H groups in total. The van der Waals surface area contributed by atoms with Gasteiger partial charge in [-0.25, -0.2) is 4.98 Å². The fraction of sp³-hybridized carbons (Fsp3) is 0.519. The molecule has 6 rings (SSSR count). The predicted octanol–water partition coefficient (Wildman–Crippen LogP) is 2.77. The van der Waals surface area contributed by atoms with Crippen molar-refractivity contribution in [2.45, 2.75) is 51.0 Å². The number of aromatic amines is 1. The van der Waals surface area contributed by atoms with Crippen LogP contribution in [0.5, 0.6) is 0 Å². The van der Waals surface area contributed by atoms with E-state index >= 15 is 0 Å². The number of H-pyrrole nitrogens is 1. The zero-order valence-corrected chi connectivity index (χ0v) is 19.9. The van der Waals surface area contributed by atoms with Crippen molar-refractivity contribution in [3.8, 4) is 0 Å². The summed E-state index contributed by atoms with van der Waals surface area (Å²) in [5, 5.41) is 2.67. The Morgan fingerprint density at radius 3 is 2.56 bits per heavy atom. The van der Waals surface area contributed by atoms with Gasteiger partial charge in [-0.05, 0) is 80.2 Å². The normalized spacial score (nSPS) is 23.5. The summed E-state index contributed by atoms with van der Waals surface area (Å²) in [7, 11) is 1.65. The van der Waals surface area contributed by atoms with Crippen LogP contribution >= 0.6 is 0 Å². The minimum absolute atomic E-state index is 0.0539. The highest BCUT2D eigenvalue weighted by Crippen LogP contribution is 2.53.